The quantitative estimate of drug-likeness (QED) is 0.645. The van der Waals surface area contributed by atoms with Gasteiger partial charge in [-0.15, -0.1) is 0 Å². The molecule has 1 heterocycles. The molecule has 0 saturated carbocycles. The smallest absolute Gasteiger partial charge is 0.294 e. The van der Waals surface area contributed by atoms with Crippen LogP contribution in [0.1, 0.15) is 18.1 Å². The summed E-state index contributed by atoms with van der Waals surface area (Å²) in [5, 5.41) is 16.8. The molecule has 0 fully saturated rings. The molecule has 1 aliphatic rings. The Labute approximate surface area is 112 Å². The number of nitro benzene ring substituents is 1. The summed E-state index contributed by atoms with van der Waals surface area (Å²) in [5.41, 5.74) is 2.03. The van der Waals surface area contributed by atoms with Crippen molar-refractivity contribution in [2.45, 2.75) is 19.9 Å². The number of hydrogen-bond donors (Lipinski definition) is 2. The maximum Gasteiger partial charge on any atom is 0.294 e. The number of hydrogen-bond acceptors (Lipinski definition) is 4. The monoisotopic (exact) mass is 313 g/mol. The minimum atomic E-state index is -0.481. The molecule has 0 atom stereocenters. The summed E-state index contributed by atoms with van der Waals surface area (Å²) in [7, 11) is 0. The highest BCUT2D eigenvalue weighted by atomic mass is 79.9. The van der Waals surface area contributed by atoms with Gasteiger partial charge in [-0.05, 0) is 18.5 Å². The summed E-state index contributed by atoms with van der Waals surface area (Å²) in [6.07, 6.45) is 0.778. The van der Waals surface area contributed by atoms with Crippen molar-refractivity contribution in [3.63, 3.8) is 0 Å². The van der Waals surface area contributed by atoms with E-state index in [2.05, 4.69) is 26.6 Å². The van der Waals surface area contributed by atoms with Crippen LogP contribution in [-0.4, -0.2) is 17.4 Å². The van der Waals surface area contributed by atoms with Gasteiger partial charge in [0.25, 0.3) is 5.69 Å². The van der Waals surface area contributed by atoms with E-state index in [-0.39, 0.29) is 11.6 Å². The van der Waals surface area contributed by atoms with E-state index in [1.165, 1.54) is 13.0 Å². The first-order chi connectivity index (χ1) is 8.50. The number of nitrogens with zero attached hydrogens (tertiary/aromatic N) is 1. The Morgan fingerprint density at radius 2 is 2.28 bits per heavy atom. The van der Waals surface area contributed by atoms with Gasteiger partial charge in [0, 0.05) is 29.6 Å². The highest BCUT2D eigenvalue weighted by Gasteiger charge is 2.25. The van der Waals surface area contributed by atoms with Gasteiger partial charge in [-0.25, -0.2) is 0 Å². The van der Waals surface area contributed by atoms with Gasteiger partial charge in [0.2, 0.25) is 5.91 Å². The molecule has 1 aliphatic heterocycles. The fourth-order valence-electron chi connectivity index (χ4n) is 2.08. The molecule has 6 nitrogen and oxygen atoms in total. The molecular weight excluding hydrogens is 302 g/mol. The molecule has 18 heavy (non-hydrogen) atoms. The summed E-state index contributed by atoms with van der Waals surface area (Å²) >= 11 is 3.36. The molecule has 2 N–H and O–H groups in total. The number of nitrogens with one attached hydrogen (secondary N) is 2. The number of rotatable bonds is 2. The standard InChI is InChI=1S/C11H12BrN3O3/c1-6(16)14-11-8-5-13-3-2-7(8)9(12)4-10(11)15(17)18/h4,13H,2-3,5H2,1H3,(H,14,16). The molecule has 1 amide bonds. The molecule has 1 aromatic rings. The number of fused-ring (bicyclic) bond motifs is 1. The summed E-state index contributed by atoms with van der Waals surface area (Å²) < 4.78 is 0.722. The second-order valence-electron chi connectivity index (χ2n) is 4.07. The van der Waals surface area contributed by atoms with E-state index in [4.69, 9.17) is 0 Å². The van der Waals surface area contributed by atoms with Crippen LogP contribution in [0.5, 0.6) is 0 Å². The van der Waals surface area contributed by atoms with Crippen molar-refractivity contribution >= 4 is 33.2 Å². The maximum atomic E-state index is 11.2. The number of amides is 1. The fraction of sp³-hybridized carbons (Fsp3) is 0.364. The second-order valence-corrected chi connectivity index (χ2v) is 4.93. The van der Waals surface area contributed by atoms with E-state index in [9.17, 15) is 14.9 Å². The van der Waals surface area contributed by atoms with Crippen LogP contribution in [0, 0.1) is 10.1 Å². The third kappa shape index (κ3) is 2.37. The van der Waals surface area contributed by atoms with Crippen LogP contribution < -0.4 is 10.6 Å². The number of nitro groups is 1. The van der Waals surface area contributed by atoms with Crippen LogP contribution in [0.15, 0.2) is 10.5 Å². The third-order valence-electron chi connectivity index (χ3n) is 2.83. The first-order valence-corrected chi connectivity index (χ1v) is 6.27. The molecule has 0 spiro atoms. The predicted octanol–water partition coefficient (Wildman–Crippen LogP) is 1.96. The maximum absolute atomic E-state index is 11.2. The zero-order chi connectivity index (χ0) is 13.3. The molecule has 0 aliphatic carbocycles. The highest BCUT2D eigenvalue weighted by molar-refractivity contribution is 9.10. The van der Waals surface area contributed by atoms with Crippen molar-refractivity contribution in [3.05, 3.63) is 31.8 Å². The Bertz CT molecular complexity index is 531. The topological polar surface area (TPSA) is 84.3 Å². The molecule has 96 valence electrons. The Morgan fingerprint density at radius 1 is 1.56 bits per heavy atom. The van der Waals surface area contributed by atoms with E-state index >= 15 is 0 Å². The number of carbonyl (C=O) groups excluding carboxylic acids is 1. The lowest BCUT2D eigenvalue weighted by atomic mass is 9.98. The number of anilines is 1. The van der Waals surface area contributed by atoms with Gasteiger partial charge in [-0.3, -0.25) is 14.9 Å². The Kier molecular flexibility index (Phi) is 3.63. The van der Waals surface area contributed by atoms with E-state index in [1.54, 1.807) is 0 Å². The number of benzene rings is 1. The normalized spacial score (nSPS) is 13.9. The average molecular weight is 314 g/mol. The van der Waals surface area contributed by atoms with Crippen LogP contribution in [-0.2, 0) is 17.8 Å². The third-order valence-corrected chi connectivity index (χ3v) is 3.53. The lowest BCUT2D eigenvalue weighted by Crippen LogP contribution is -2.26. The van der Waals surface area contributed by atoms with Crippen molar-refractivity contribution in [1.29, 1.82) is 0 Å². The van der Waals surface area contributed by atoms with Crippen molar-refractivity contribution in [3.8, 4) is 0 Å². The van der Waals surface area contributed by atoms with Crippen LogP contribution in [0.3, 0.4) is 0 Å². The molecule has 0 bridgehead atoms. The fourth-order valence-corrected chi connectivity index (χ4v) is 2.74. The van der Waals surface area contributed by atoms with Crippen molar-refractivity contribution in [1.82, 2.24) is 5.32 Å². The minimum Gasteiger partial charge on any atom is -0.320 e. The van der Waals surface area contributed by atoms with Crippen molar-refractivity contribution in [2.75, 3.05) is 11.9 Å². The molecule has 0 aromatic heterocycles. The van der Waals surface area contributed by atoms with Gasteiger partial charge in [0.15, 0.2) is 0 Å². The average Bonchev–Trinajstić information content (AvgIpc) is 2.32. The lowest BCUT2D eigenvalue weighted by molar-refractivity contribution is -0.384. The lowest BCUT2D eigenvalue weighted by Gasteiger charge is -2.21. The summed E-state index contributed by atoms with van der Waals surface area (Å²) in [6, 6.07) is 1.45. The molecule has 0 unspecified atom stereocenters. The van der Waals surface area contributed by atoms with E-state index in [1.807, 2.05) is 0 Å². The Morgan fingerprint density at radius 3 is 2.89 bits per heavy atom. The van der Waals surface area contributed by atoms with Gasteiger partial charge < -0.3 is 10.6 Å². The summed E-state index contributed by atoms with van der Waals surface area (Å²) in [4.78, 5) is 21.8. The van der Waals surface area contributed by atoms with Crippen LogP contribution >= 0.6 is 15.9 Å². The van der Waals surface area contributed by atoms with Gasteiger partial charge in [0.05, 0.1) is 4.92 Å². The van der Waals surface area contributed by atoms with E-state index in [0.717, 1.165) is 28.6 Å². The van der Waals surface area contributed by atoms with Crippen LogP contribution in [0.25, 0.3) is 0 Å². The molecule has 2 rings (SSSR count). The van der Waals surface area contributed by atoms with E-state index in [0.29, 0.717) is 12.2 Å². The second kappa shape index (κ2) is 5.03. The van der Waals surface area contributed by atoms with Gasteiger partial charge >= 0.3 is 0 Å². The van der Waals surface area contributed by atoms with Crippen molar-refractivity contribution < 1.29 is 9.72 Å². The SMILES string of the molecule is CC(=O)Nc1c([N+](=O)[O-])cc(Br)c2c1CNCC2. The largest absolute Gasteiger partial charge is 0.320 e. The zero-order valence-corrected chi connectivity index (χ0v) is 11.3. The molecule has 1 aromatic carbocycles. The van der Waals surface area contributed by atoms with Gasteiger partial charge in [0.1, 0.15) is 5.69 Å². The molecule has 7 heteroatoms. The summed E-state index contributed by atoms with van der Waals surface area (Å²) in [5.74, 6) is -0.312. The number of carbonyl (C=O) groups is 1. The van der Waals surface area contributed by atoms with E-state index < -0.39 is 4.92 Å². The first-order valence-electron chi connectivity index (χ1n) is 5.47. The number of halogens is 1. The Hall–Kier alpha value is -1.47. The molecule has 0 radical (unpaired) electrons. The van der Waals surface area contributed by atoms with Crippen molar-refractivity contribution in [2.24, 2.45) is 0 Å². The van der Waals surface area contributed by atoms with Crippen LogP contribution in [0.4, 0.5) is 11.4 Å². The Balaban J connectivity index is 2.64. The first kappa shape index (κ1) is 13.0. The highest BCUT2D eigenvalue weighted by Crippen LogP contribution is 2.37. The zero-order valence-electron chi connectivity index (χ0n) is 9.75. The van der Waals surface area contributed by atoms with Gasteiger partial charge in [-0.2, -0.15) is 0 Å². The molecular formula is C11H12BrN3O3. The van der Waals surface area contributed by atoms with Crippen LogP contribution in [0.2, 0.25) is 0 Å². The van der Waals surface area contributed by atoms with Gasteiger partial charge in [-0.1, -0.05) is 15.9 Å². The molecule has 0 saturated heterocycles. The summed E-state index contributed by atoms with van der Waals surface area (Å²) in [6.45, 7) is 2.68. The predicted molar refractivity (Wildman–Crippen MR) is 70.5 cm³/mol. The minimum absolute atomic E-state index is 0.0838.